The Morgan fingerprint density at radius 1 is 1.08 bits per heavy atom. The van der Waals surface area contributed by atoms with E-state index in [1.807, 2.05) is 53.2 Å². The Labute approximate surface area is 138 Å². The summed E-state index contributed by atoms with van der Waals surface area (Å²) in [5.41, 5.74) is 9.97. The second kappa shape index (κ2) is 6.00. The molecule has 6 heteroatoms. The highest BCUT2D eigenvalue weighted by Crippen LogP contribution is 2.25. The molecule has 0 amide bonds. The minimum Gasteiger partial charge on any atom is -0.470 e. The summed E-state index contributed by atoms with van der Waals surface area (Å²) in [7, 11) is 0. The molecule has 6 nitrogen and oxygen atoms in total. The molecule has 3 aromatic heterocycles. The summed E-state index contributed by atoms with van der Waals surface area (Å²) < 4.78 is 7.80. The maximum Gasteiger partial charge on any atom is 0.259 e. The number of fused-ring (bicyclic) bond motifs is 1. The van der Waals surface area contributed by atoms with E-state index in [1.165, 1.54) is 0 Å². The first-order valence-corrected chi connectivity index (χ1v) is 7.51. The van der Waals surface area contributed by atoms with Crippen LogP contribution in [0.1, 0.15) is 5.56 Å². The number of benzene rings is 1. The number of nitrogen functional groups attached to an aromatic ring is 1. The Kier molecular flexibility index (Phi) is 3.55. The van der Waals surface area contributed by atoms with Gasteiger partial charge in [0.15, 0.2) is 0 Å². The summed E-state index contributed by atoms with van der Waals surface area (Å²) in [6.07, 6.45) is 8.97. The van der Waals surface area contributed by atoms with Gasteiger partial charge in [0, 0.05) is 42.2 Å². The molecule has 0 aliphatic heterocycles. The van der Waals surface area contributed by atoms with Gasteiger partial charge in [-0.15, -0.1) is 0 Å². The third-order valence-electron chi connectivity index (χ3n) is 3.65. The van der Waals surface area contributed by atoms with Crippen LogP contribution in [0.15, 0.2) is 67.4 Å². The third kappa shape index (κ3) is 2.77. The second-order valence-electron chi connectivity index (χ2n) is 5.36. The first-order chi connectivity index (χ1) is 11.8. The van der Waals surface area contributed by atoms with Gasteiger partial charge in [-0.2, -0.15) is 0 Å². The monoisotopic (exact) mass is 317 g/mol. The fourth-order valence-electron chi connectivity index (χ4n) is 2.47. The highest BCUT2D eigenvalue weighted by atomic mass is 16.5. The van der Waals surface area contributed by atoms with Gasteiger partial charge in [-0.25, -0.2) is 9.97 Å². The molecule has 118 valence electrons. The van der Waals surface area contributed by atoms with E-state index < -0.39 is 0 Å². The van der Waals surface area contributed by atoms with Crippen molar-refractivity contribution in [3.63, 3.8) is 0 Å². The van der Waals surface area contributed by atoms with Crippen LogP contribution in [-0.4, -0.2) is 19.4 Å². The lowest BCUT2D eigenvalue weighted by atomic mass is 10.1. The lowest BCUT2D eigenvalue weighted by Gasteiger charge is -2.09. The topological polar surface area (TPSA) is 78.3 Å². The maximum absolute atomic E-state index is 5.90. The van der Waals surface area contributed by atoms with E-state index in [9.17, 15) is 0 Å². The molecule has 3 heterocycles. The average molecular weight is 317 g/mol. The fraction of sp³-hybridized carbons (Fsp3) is 0.0556. The largest absolute Gasteiger partial charge is 0.470 e. The molecule has 24 heavy (non-hydrogen) atoms. The number of anilines is 1. The van der Waals surface area contributed by atoms with Crippen molar-refractivity contribution in [2.75, 3.05) is 5.73 Å². The number of nitrogens with two attached hydrogens (primary N) is 1. The lowest BCUT2D eigenvalue weighted by molar-refractivity contribution is 0.296. The van der Waals surface area contributed by atoms with Crippen LogP contribution in [0, 0.1) is 0 Å². The van der Waals surface area contributed by atoms with Crippen LogP contribution in [0.4, 0.5) is 5.69 Å². The van der Waals surface area contributed by atoms with E-state index in [0.29, 0.717) is 23.8 Å². The van der Waals surface area contributed by atoms with Crippen LogP contribution < -0.4 is 10.5 Å². The number of rotatable bonds is 4. The maximum atomic E-state index is 5.90. The van der Waals surface area contributed by atoms with Gasteiger partial charge < -0.3 is 14.9 Å². The molecular weight excluding hydrogens is 302 g/mol. The smallest absolute Gasteiger partial charge is 0.259 e. The van der Waals surface area contributed by atoms with Gasteiger partial charge in [0.05, 0.1) is 5.69 Å². The summed E-state index contributed by atoms with van der Waals surface area (Å²) in [4.78, 5) is 12.9. The SMILES string of the molecule is Nc1cccc(-c2cn3ccnc3c(OCc3ccncc3)n2)c1. The van der Waals surface area contributed by atoms with Gasteiger partial charge in [-0.3, -0.25) is 4.98 Å². The number of pyridine rings is 1. The van der Waals surface area contributed by atoms with Crippen molar-refractivity contribution in [2.45, 2.75) is 6.61 Å². The van der Waals surface area contributed by atoms with E-state index >= 15 is 0 Å². The average Bonchev–Trinajstić information content (AvgIpc) is 3.09. The Bertz CT molecular complexity index is 981. The molecule has 1 aromatic carbocycles. The molecule has 2 N–H and O–H groups in total. The molecular formula is C18H15N5O. The zero-order valence-electron chi connectivity index (χ0n) is 12.8. The van der Waals surface area contributed by atoms with Crippen LogP contribution in [-0.2, 0) is 6.61 Å². The quantitative estimate of drug-likeness (QED) is 0.585. The number of ether oxygens (including phenoxy) is 1. The van der Waals surface area contributed by atoms with Crippen LogP contribution >= 0.6 is 0 Å². The highest BCUT2D eigenvalue weighted by Gasteiger charge is 2.11. The van der Waals surface area contributed by atoms with Gasteiger partial charge in [0.2, 0.25) is 5.65 Å². The highest BCUT2D eigenvalue weighted by molar-refractivity contribution is 5.66. The molecule has 0 saturated carbocycles. The van der Waals surface area contributed by atoms with Crippen LogP contribution in [0.3, 0.4) is 0 Å². The summed E-state index contributed by atoms with van der Waals surface area (Å²) in [6, 6.07) is 11.4. The lowest BCUT2D eigenvalue weighted by Crippen LogP contribution is -2.02. The second-order valence-corrected chi connectivity index (χ2v) is 5.36. The van der Waals surface area contributed by atoms with Crippen molar-refractivity contribution < 1.29 is 4.74 Å². The van der Waals surface area contributed by atoms with E-state index in [-0.39, 0.29) is 0 Å². The molecule has 0 aliphatic rings. The van der Waals surface area contributed by atoms with Crippen molar-refractivity contribution in [1.82, 2.24) is 19.4 Å². The van der Waals surface area contributed by atoms with E-state index in [0.717, 1.165) is 16.8 Å². The number of nitrogens with zero attached hydrogens (tertiary/aromatic N) is 4. The Balaban J connectivity index is 1.72. The summed E-state index contributed by atoms with van der Waals surface area (Å²) in [5.74, 6) is 0.483. The van der Waals surface area contributed by atoms with Gasteiger partial charge in [0.1, 0.15) is 6.61 Å². The van der Waals surface area contributed by atoms with Crippen LogP contribution in [0.25, 0.3) is 16.9 Å². The predicted octanol–water partition coefficient (Wildman–Crippen LogP) is 2.95. The Morgan fingerprint density at radius 3 is 2.79 bits per heavy atom. The van der Waals surface area contributed by atoms with Gasteiger partial charge >= 0.3 is 0 Å². The number of imidazole rings is 1. The standard InChI is InChI=1S/C18H15N5O/c19-15-3-1-2-14(10-15)16-11-23-9-8-21-17(23)18(22-16)24-12-13-4-6-20-7-5-13/h1-11H,12,19H2. The Morgan fingerprint density at radius 2 is 1.96 bits per heavy atom. The number of hydrogen-bond donors (Lipinski definition) is 1. The van der Waals surface area contributed by atoms with Crippen molar-refractivity contribution in [3.05, 3.63) is 72.9 Å². The summed E-state index contributed by atoms with van der Waals surface area (Å²) in [5, 5.41) is 0. The molecule has 4 aromatic rings. The molecule has 4 rings (SSSR count). The van der Waals surface area contributed by atoms with Crippen molar-refractivity contribution in [2.24, 2.45) is 0 Å². The summed E-state index contributed by atoms with van der Waals surface area (Å²) in [6.45, 7) is 0.401. The number of aromatic nitrogens is 4. The third-order valence-corrected chi connectivity index (χ3v) is 3.65. The fourth-order valence-corrected chi connectivity index (χ4v) is 2.47. The predicted molar refractivity (Wildman–Crippen MR) is 91.4 cm³/mol. The van der Waals surface area contributed by atoms with E-state index in [2.05, 4.69) is 15.0 Å². The zero-order chi connectivity index (χ0) is 16.4. The van der Waals surface area contributed by atoms with E-state index in [1.54, 1.807) is 18.6 Å². The molecule has 0 fully saturated rings. The van der Waals surface area contributed by atoms with Gasteiger partial charge in [0.25, 0.3) is 5.88 Å². The Hall–Kier alpha value is -3.41. The van der Waals surface area contributed by atoms with Gasteiger partial charge in [-0.1, -0.05) is 12.1 Å². The molecule has 0 spiro atoms. The molecule has 0 unspecified atom stereocenters. The molecule has 0 bridgehead atoms. The summed E-state index contributed by atoms with van der Waals surface area (Å²) >= 11 is 0. The first kappa shape index (κ1) is 14.2. The zero-order valence-corrected chi connectivity index (χ0v) is 12.8. The molecule has 0 aliphatic carbocycles. The number of hydrogen-bond acceptors (Lipinski definition) is 5. The van der Waals surface area contributed by atoms with Crippen LogP contribution in [0.2, 0.25) is 0 Å². The van der Waals surface area contributed by atoms with Crippen molar-refractivity contribution >= 4 is 11.3 Å². The van der Waals surface area contributed by atoms with Crippen molar-refractivity contribution in [1.29, 1.82) is 0 Å². The minimum atomic E-state index is 0.401. The van der Waals surface area contributed by atoms with Gasteiger partial charge in [-0.05, 0) is 29.8 Å². The first-order valence-electron chi connectivity index (χ1n) is 7.51. The van der Waals surface area contributed by atoms with Crippen LogP contribution in [0.5, 0.6) is 5.88 Å². The van der Waals surface area contributed by atoms with Crippen molar-refractivity contribution in [3.8, 4) is 17.1 Å². The molecule has 0 radical (unpaired) electrons. The normalized spacial score (nSPS) is 10.8. The molecule has 0 saturated heterocycles. The van der Waals surface area contributed by atoms with E-state index in [4.69, 9.17) is 10.5 Å². The minimum absolute atomic E-state index is 0.401. The molecule has 0 atom stereocenters.